The molecule has 0 fully saturated rings. The Bertz CT molecular complexity index is 487. The van der Waals surface area contributed by atoms with Crippen molar-refractivity contribution in [1.29, 1.82) is 0 Å². The minimum Gasteiger partial charge on any atom is -0.409 e. The third-order valence-electron chi connectivity index (χ3n) is 2.38. The smallest absolute Gasteiger partial charge is 0.255 e. The summed E-state index contributed by atoms with van der Waals surface area (Å²) in [6.45, 7) is 3.65. The van der Waals surface area contributed by atoms with Gasteiger partial charge in [0.25, 0.3) is 5.91 Å². The number of nitrogens with one attached hydrogen (secondary N) is 1. The maximum atomic E-state index is 12.2. The Morgan fingerprint density at radius 3 is 2.67 bits per heavy atom. The van der Waals surface area contributed by atoms with Crippen molar-refractivity contribution >= 4 is 11.7 Å². The van der Waals surface area contributed by atoms with Gasteiger partial charge in [0.15, 0.2) is 5.84 Å². The van der Waals surface area contributed by atoms with E-state index in [2.05, 4.69) is 10.1 Å². The predicted molar refractivity (Wildman–Crippen MR) is 66.6 cm³/mol. The van der Waals surface area contributed by atoms with Gasteiger partial charge in [-0.05, 0) is 19.9 Å². The monoisotopic (exact) mass is 252 g/mol. The number of nitrogens with zero attached hydrogens (tertiary/aromatic N) is 2. The Labute approximate surface area is 104 Å². The summed E-state index contributed by atoms with van der Waals surface area (Å²) in [5, 5.41) is 11.4. The molecular formula is C11H16N4O3. The summed E-state index contributed by atoms with van der Waals surface area (Å²) < 4.78 is 0. The summed E-state index contributed by atoms with van der Waals surface area (Å²) in [5.74, 6) is -0.352. The molecule has 7 heteroatoms. The SMILES string of the molecule is CC(C)N(C/C(N)=N/O)C(=O)c1ccc(=O)[nH]c1. The molecule has 0 saturated carbocycles. The number of carbonyl (C=O) groups is 1. The molecule has 1 aromatic rings. The molecule has 0 aliphatic heterocycles. The van der Waals surface area contributed by atoms with Crippen LogP contribution in [0.3, 0.4) is 0 Å². The van der Waals surface area contributed by atoms with E-state index in [1.807, 2.05) is 13.8 Å². The number of oxime groups is 1. The van der Waals surface area contributed by atoms with E-state index in [0.717, 1.165) is 0 Å². The molecule has 4 N–H and O–H groups in total. The van der Waals surface area contributed by atoms with Gasteiger partial charge in [0.1, 0.15) is 0 Å². The number of aromatic nitrogens is 1. The number of aromatic amines is 1. The fraction of sp³-hybridized carbons (Fsp3) is 0.364. The Morgan fingerprint density at radius 2 is 2.22 bits per heavy atom. The van der Waals surface area contributed by atoms with Gasteiger partial charge in [-0.15, -0.1) is 0 Å². The zero-order chi connectivity index (χ0) is 13.7. The largest absolute Gasteiger partial charge is 0.409 e. The molecule has 0 radical (unpaired) electrons. The topological polar surface area (TPSA) is 112 Å². The van der Waals surface area contributed by atoms with Gasteiger partial charge in [-0.25, -0.2) is 0 Å². The van der Waals surface area contributed by atoms with E-state index in [-0.39, 0.29) is 29.9 Å². The highest BCUT2D eigenvalue weighted by Crippen LogP contribution is 2.06. The van der Waals surface area contributed by atoms with Crippen LogP contribution in [0.4, 0.5) is 0 Å². The lowest BCUT2D eigenvalue weighted by Crippen LogP contribution is -2.43. The first-order valence-electron chi connectivity index (χ1n) is 5.41. The number of amidine groups is 1. The van der Waals surface area contributed by atoms with Crippen molar-refractivity contribution in [1.82, 2.24) is 9.88 Å². The summed E-state index contributed by atoms with van der Waals surface area (Å²) in [4.78, 5) is 26.9. The molecule has 0 aliphatic rings. The highest BCUT2D eigenvalue weighted by molar-refractivity contribution is 5.96. The van der Waals surface area contributed by atoms with Crippen LogP contribution in [0.5, 0.6) is 0 Å². The van der Waals surface area contributed by atoms with Crippen LogP contribution >= 0.6 is 0 Å². The number of hydrogen-bond donors (Lipinski definition) is 3. The van der Waals surface area contributed by atoms with E-state index in [4.69, 9.17) is 10.9 Å². The third-order valence-corrected chi connectivity index (χ3v) is 2.38. The number of pyridine rings is 1. The quantitative estimate of drug-likeness (QED) is 0.302. The molecule has 0 aromatic carbocycles. The highest BCUT2D eigenvalue weighted by atomic mass is 16.4. The lowest BCUT2D eigenvalue weighted by molar-refractivity contribution is 0.0733. The Morgan fingerprint density at radius 1 is 1.56 bits per heavy atom. The minimum atomic E-state index is -0.298. The zero-order valence-corrected chi connectivity index (χ0v) is 10.3. The van der Waals surface area contributed by atoms with Crippen molar-refractivity contribution in [2.24, 2.45) is 10.9 Å². The number of carbonyl (C=O) groups excluding carboxylic acids is 1. The highest BCUT2D eigenvalue weighted by Gasteiger charge is 2.20. The average Bonchev–Trinajstić information content (AvgIpc) is 2.35. The van der Waals surface area contributed by atoms with Crippen LogP contribution in [0.25, 0.3) is 0 Å². The fourth-order valence-electron chi connectivity index (χ4n) is 1.40. The lowest BCUT2D eigenvalue weighted by atomic mass is 10.2. The van der Waals surface area contributed by atoms with Crippen LogP contribution in [-0.4, -0.2) is 39.4 Å². The van der Waals surface area contributed by atoms with Crippen LogP contribution in [0.1, 0.15) is 24.2 Å². The first kappa shape index (κ1) is 13.8. The van der Waals surface area contributed by atoms with Crippen LogP contribution in [-0.2, 0) is 0 Å². The van der Waals surface area contributed by atoms with Crippen molar-refractivity contribution in [2.75, 3.05) is 6.54 Å². The van der Waals surface area contributed by atoms with E-state index in [9.17, 15) is 9.59 Å². The van der Waals surface area contributed by atoms with Crippen molar-refractivity contribution in [3.8, 4) is 0 Å². The third kappa shape index (κ3) is 3.34. The van der Waals surface area contributed by atoms with Crippen molar-refractivity contribution in [3.05, 3.63) is 34.2 Å². The van der Waals surface area contributed by atoms with E-state index >= 15 is 0 Å². The van der Waals surface area contributed by atoms with Crippen LogP contribution in [0, 0.1) is 0 Å². The molecular weight excluding hydrogens is 236 g/mol. The molecule has 18 heavy (non-hydrogen) atoms. The molecule has 0 aliphatic carbocycles. The Hall–Kier alpha value is -2.31. The second-order valence-corrected chi connectivity index (χ2v) is 4.06. The second kappa shape index (κ2) is 5.85. The summed E-state index contributed by atoms with van der Waals surface area (Å²) in [7, 11) is 0. The van der Waals surface area contributed by atoms with E-state index in [1.165, 1.54) is 23.2 Å². The molecule has 0 unspecified atom stereocenters. The summed E-state index contributed by atoms with van der Waals surface area (Å²) in [6.07, 6.45) is 1.34. The Kier molecular flexibility index (Phi) is 4.47. The van der Waals surface area contributed by atoms with Crippen molar-refractivity contribution < 1.29 is 10.0 Å². The van der Waals surface area contributed by atoms with E-state index in [0.29, 0.717) is 5.56 Å². The first-order chi connectivity index (χ1) is 8.45. The fourth-order valence-corrected chi connectivity index (χ4v) is 1.40. The van der Waals surface area contributed by atoms with Crippen LogP contribution in [0.15, 0.2) is 28.3 Å². The average molecular weight is 252 g/mol. The van der Waals surface area contributed by atoms with Crippen molar-refractivity contribution in [2.45, 2.75) is 19.9 Å². The maximum Gasteiger partial charge on any atom is 0.255 e. The molecule has 1 rings (SSSR count). The number of hydrogen-bond acceptors (Lipinski definition) is 4. The lowest BCUT2D eigenvalue weighted by Gasteiger charge is -2.26. The van der Waals surface area contributed by atoms with Gasteiger partial charge in [-0.3, -0.25) is 9.59 Å². The van der Waals surface area contributed by atoms with Crippen LogP contribution in [0.2, 0.25) is 0 Å². The molecule has 0 bridgehead atoms. The summed E-state index contributed by atoms with van der Waals surface area (Å²) in [5.41, 5.74) is 5.46. The standard InChI is InChI=1S/C11H16N4O3/c1-7(2)15(6-9(12)14-18)11(17)8-3-4-10(16)13-5-8/h3-5,7,18H,6H2,1-2H3,(H2,12,14)(H,13,16). The second-order valence-electron chi connectivity index (χ2n) is 4.06. The number of amides is 1. The van der Waals surface area contributed by atoms with Gasteiger partial charge < -0.3 is 20.8 Å². The van der Waals surface area contributed by atoms with E-state index in [1.54, 1.807) is 0 Å². The molecule has 98 valence electrons. The summed E-state index contributed by atoms with van der Waals surface area (Å²) >= 11 is 0. The Balaban J connectivity index is 2.96. The molecule has 0 saturated heterocycles. The van der Waals surface area contributed by atoms with Gasteiger partial charge in [0.05, 0.1) is 12.1 Å². The minimum absolute atomic E-state index is 0.0200. The molecule has 1 heterocycles. The number of nitrogens with two attached hydrogens (primary N) is 1. The van der Waals surface area contributed by atoms with Gasteiger partial charge >= 0.3 is 0 Å². The molecule has 0 spiro atoms. The molecule has 1 aromatic heterocycles. The van der Waals surface area contributed by atoms with Crippen LogP contribution < -0.4 is 11.3 Å². The molecule has 0 atom stereocenters. The summed E-state index contributed by atoms with van der Waals surface area (Å²) in [6, 6.07) is 2.59. The number of H-pyrrole nitrogens is 1. The van der Waals surface area contributed by atoms with E-state index < -0.39 is 0 Å². The van der Waals surface area contributed by atoms with Gasteiger partial charge in [-0.2, -0.15) is 0 Å². The maximum absolute atomic E-state index is 12.2. The number of rotatable bonds is 4. The normalized spacial score (nSPS) is 11.6. The molecule has 1 amide bonds. The van der Waals surface area contributed by atoms with Gasteiger partial charge in [-0.1, -0.05) is 5.16 Å². The first-order valence-corrected chi connectivity index (χ1v) is 5.41. The van der Waals surface area contributed by atoms with Gasteiger partial charge in [0, 0.05) is 18.3 Å². The van der Waals surface area contributed by atoms with Crippen molar-refractivity contribution in [3.63, 3.8) is 0 Å². The zero-order valence-electron chi connectivity index (χ0n) is 10.3. The van der Waals surface area contributed by atoms with Gasteiger partial charge in [0.2, 0.25) is 5.56 Å². The molecule has 7 nitrogen and oxygen atoms in total. The predicted octanol–water partition coefficient (Wildman–Crippen LogP) is -0.0281.